The Kier molecular flexibility index (Phi) is 4.66. The highest BCUT2D eigenvalue weighted by molar-refractivity contribution is 9.10. The van der Waals surface area contributed by atoms with E-state index in [1.165, 1.54) is 16.6 Å². The summed E-state index contributed by atoms with van der Waals surface area (Å²) in [6.07, 6.45) is 0. The first-order valence-corrected chi connectivity index (χ1v) is 7.32. The molecule has 98 valence electrons. The number of nitrogens with one attached hydrogen (secondary N) is 1. The van der Waals surface area contributed by atoms with Crippen molar-refractivity contribution in [1.29, 1.82) is 0 Å². The smallest absolute Gasteiger partial charge is 0.116 e. The monoisotopic (exact) mass is 381 g/mol. The minimum absolute atomic E-state index is 0.291. The molecular formula is C15H13Br2NO. The Morgan fingerprint density at radius 2 is 1.68 bits per heavy atom. The van der Waals surface area contributed by atoms with Gasteiger partial charge in [0.1, 0.15) is 5.75 Å². The molecular weight excluding hydrogens is 370 g/mol. The van der Waals surface area contributed by atoms with Crippen LogP contribution in [0.3, 0.4) is 0 Å². The molecule has 0 atom stereocenters. The molecule has 0 aliphatic carbocycles. The lowest BCUT2D eigenvalue weighted by Gasteiger charge is -1.89. The fourth-order valence-electron chi connectivity index (χ4n) is 1.72. The van der Waals surface area contributed by atoms with Gasteiger partial charge in [0, 0.05) is 25.5 Å². The van der Waals surface area contributed by atoms with E-state index in [1.54, 1.807) is 18.2 Å². The van der Waals surface area contributed by atoms with Crippen molar-refractivity contribution >= 4 is 42.8 Å². The molecule has 2 N–H and O–H groups in total. The van der Waals surface area contributed by atoms with Gasteiger partial charge in [-0.3, -0.25) is 0 Å². The molecule has 0 radical (unpaired) electrons. The minimum Gasteiger partial charge on any atom is -0.508 e. The summed E-state index contributed by atoms with van der Waals surface area (Å²) in [5, 5.41) is 10.0. The Hall–Kier alpha value is -1.26. The zero-order valence-electron chi connectivity index (χ0n) is 10.3. The summed E-state index contributed by atoms with van der Waals surface area (Å²) in [5.74, 6) is 0.291. The quantitative estimate of drug-likeness (QED) is 0.536. The van der Waals surface area contributed by atoms with Crippen LogP contribution in [0.1, 0.15) is 5.69 Å². The number of fused-ring (bicyclic) bond motifs is 1. The number of hydrogen-bond acceptors (Lipinski definition) is 1. The first-order chi connectivity index (χ1) is 9.04. The van der Waals surface area contributed by atoms with Crippen LogP contribution in [0.5, 0.6) is 5.75 Å². The predicted molar refractivity (Wildman–Crippen MR) is 86.5 cm³/mol. The van der Waals surface area contributed by atoms with Gasteiger partial charge in [-0.05, 0) is 49.4 Å². The number of phenols is 1. The third-order valence-electron chi connectivity index (χ3n) is 2.53. The largest absolute Gasteiger partial charge is 0.508 e. The van der Waals surface area contributed by atoms with Gasteiger partial charge in [0.05, 0.1) is 0 Å². The van der Waals surface area contributed by atoms with Crippen molar-refractivity contribution < 1.29 is 5.11 Å². The summed E-state index contributed by atoms with van der Waals surface area (Å²) < 4.78 is 2.03. The molecule has 0 bridgehead atoms. The molecule has 0 spiro atoms. The fourth-order valence-corrected chi connectivity index (χ4v) is 2.49. The summed E-state index contributed by atoms with van der Waals surface area (Å²) in [6.45, 7) is 2.06. The molecule has 1 aromatic heterocycles. The van der Waals surface area contributed by atoms with Crippen LogP contribution in [0.15, 0.2) is 57.5 Å². The standard InChI is InChI=1S/C9H8BrN.C6H5BrO/c1-6-4-7-5-8(10)2-3-9(7)11-6;7-5-2-1-3-6(8)4-5/h2-5,11H,1H3;1-4,8H. The second kappa shape index (κ2) is 6.26. The molecule has 3 rings (SSSR count). The number of aromatic nitrogens is 1. The van der Waals surface area contributed by atoms with Crippen LogP contribution in [0.4, 0.5) is 0 Å². The normalized spacial score (nSPS) is 10.1. The molecule has 0 saturated carbocycles. The molecule has 0 aliphatic rings. The van der Waals surface area contributed by atoms with Gasteiger partial charge in [-0.25, -0.2) is 0 Å². The van der Waals surface area contributed by atoms with Gasteiger partial charge in [0.15, 0.2) is 0 Å². The van der Waals surface area contributed by atoms with Crippen LogP contribution in [0, 0.1) is 6.92 Å². The third-order valence-corrected chi connectivity index (χ3v) is 3.51. The molecule has 0 fully saturated rings. The summed E-state index contributed by atoms with van der Waals surface area (Å²) in [6, 6.07) is 15.3. The average molecular weight is 383 g/mol. The molecule has 0 aliphatic heterocycles. The van der Waals surface area contributed by atoms with E-state index < -0.39 is 0 Å². The Morgan fingerprint density at radius 1 is 0.947 bits per heavy atom. The van der Waals surface area contributed by atoms with Crippen molar-refractivity contribution in [2.45, 2.75) is 6.92 Å². The van der Waals surface area contributed by atoms with Crippen LogP contribution in [-0.4, -0.2) is 10.1 Å². The number of phenolic OH excluding ortho intramolecular Hbond substituents is 1. The van der Waals surface area contributed by atoms with E-state index in [1.807, 2.05) is 12.1 Å². The second-order valence-electron chi connectivity index (χ2n) is 4.16. The SMILES string of the molecule is Cc1cc2cc(Br)ccc2[nH]1.Oc1cccc(Br)c1. The van der Waals surface area contributed by atoms with Crippen molar-refractivity contribution in [3.63, 3.8) is 0 Å². The number of aromatic hydroxyl groups is 1. The highest BCUT2D eigenvalue weighted by Gasteiger charge is 1.96. The van der Waals surface area contributed by atoms with E-state index in [0.717, 1.165) is 8.95 Å². The van der Waals surface area contributed by atoms with E-state index in [-0.39, 0.29) is 0 Å². The van der Waals surface area contributed by atoms with Gasteiger partial charge >= 0.3 is 0 Å². The Morgan fingerprint density at radius 3 is 2.32 bits per heavy atom. The number of rotatable bonds is 0. The maximum atomic E-state index is 8.78. The Labute approximate surface area is 128 Å². The molecule has 0 saturated heterocycles. The lowest BCUT2D eigenvalue weighted by Crippen LogP contribution is -1.67. The van der Waals surface area contributed by atoms with Crippen LogP contribution < -0.4 is 0 Å². The van der Waals surface area contributed by atoms with E-state index in [4.69, 9.17) is 5.11 Å². The van der Waals surface area contributed by atoms with Crippen molar-refractivity contribution in [3.05, 3.63) is 63.2 Å². The summed E-state index contributed by atoms with van der Waals surface area (Å²) in [5.41, 5.74) is 2.41. The second-order valence-corrected chi connectivity index (χ2v) is 6.00. The van der Waals surface area contributed by atoms with Crippen LogP contribution in [0.2, 0.25) is 0 Å². The van der Waals surface area contributed by atoms with Gasteiger partial charge in [-0.1, -0.05) is 37.9 Å². The summed E-state index contributed by atoms with van der Waals surface area (Å²) in [4.78, 5) is 3.26. The van der Waals surface area contributed by atoms with Crippen LogP contribution in [-0.2, 0) is 0 Å². The highest BCUT2D eigenvalue weighted by atomic mass is 79.9. The van der Waals surface area contributed by atoms with Gasteiger partial charge in [0.25, 0.3) is 0 Å². The molecule has 0 amide bonds. The van der Waals surface area contributed by atoms with E-state index in [0.29, 0.717) is 5.75 Å². The van der Waals surface area contributed by atoms with Crippen molar-refractivity contribution in [3.8, 4) is 5.75 Å². The Bertz CT molecular complexity index is 674. The van der Waals surface area contributed by atoms with E-state index in [9.17, 15) is 0 Å². The number of H-pyrrole nitrogens is 1. The first-order valence-electron chi connectivity index (χ1n) is 5.74. The summed E-state index contributed by atoms with van der Waals surface area (Å²) >= 11 is 6.63. The van der Waals surface area contributed by atoms with Crippen molar-refractivity contribution in [2.24, 2.45) is 0 Å². The number of halogens is 2. The van der Waals surface area contributed by atoms with Gasteiger partial charge in [-0.15, -0.1) is 0 Å². The molecule has 4 heteroatoms. The molecule has 2 aromatic carbocycles. The van der Waals surface area contributed by atoms with Gasteiger partial charge < -0.3 is 10.1 Å². The van der Waals surface area contributed by atoms with Gasteiger partial charge in [0.2, 0.25) is 0 Å². The lowest BCUT2D eigenvalue weighted by molar-refractivity contribution is 0.475. The first kappa shape index (κ1) is 14.2. The highest BCUT2D eigenvalue weighted by Crippen LogP contribution is 2.19. The van der Waals surface area contributed by atoms with E-state index >= 15 is 0 Å². The molecule has 19 heavy (non-hydrogen) atoms. The zero-order chi connectivity index (χ0) is 13.8. The maximum absolute atomic E-state index is 8.78. The van der Waals surface area contributed by atoms with E-state index in [2.05, 4.69) is 62.0 Å². The summed E-state index contributed by atoms with van der Waals surface area (Å²) in [7, 11) is 0. The van der Waals surface area contributed by atoms with Crippen LogP contribution in [0.25, 0.3) is 10.9 Å². The van der Waals surface area contributed by atoms with Gasteiger partial charge in [-0.2, -0.15) is 0 Å². The number of aryl methyl sites for hydroxylation is 1. The fraction of sp³-hybridized carbons (Fsp3) is 0.0667. The third kappa shape index (κ3) is 4.11. The Balaban J connectivity index is 0.000000148. The molecule has 1 heterocycles. The maximum Gasteiger partial charge on any atom is 0.116 e. The van der Waals surface area contributed by atoms with Crippen molar-refractivity contribution in [1.82, 2.24) is 4.98 Å². The topological polar surface area (TPSA) is 36.0 Å². The minimum atomic E-state index is 0.291. The van der Waals surface area contributed by atoms with Crippen molar-refractivity contribution in [2.75, 3.05) is 0 Å². The van der Waals surface area contributed by atoms with Crippen LogP contribution >= 0.6 is 31.9 Å². The predicted octanol–water partition coefficient (Wildman–Crippen LogP) is 5.39. The lowest BCUT2D eigenvalue weighted by atomic mass is 10.2. The number of hydrogen-bond donors (Lipinski definition) is 2. The average Bonchev–Trinajstić information content (AvgIpc) is 2.69. The molecule has 0 unspecified atom stereocenters. The number of benzene rings is 2. The molecule has 2 nitrogen and oxygen atoms in total. The number of aromatic amines is 1. The zero-order valence-corrected chi connectivity index (χ0v) is 13.5. The molecule has 3 aromatic rings.